The van der Waals surface area contributed by atoms with Gasteiger partial charge in [0.25, 0.3) is 0 Å². The summed E-state index contributed by atoms with van der Waals surface area (Å²) in [5, 5.41) is 8.97. The standard InChI is InChI=1S/C11H10O5/c1-2-5-15-11(14)9-7-4-3-6(16-7)8(9)10(12)13/h3-4H,2,5H2,1H3,(H,12,13). The SMILES string of the molecule is CCCOC(=O)c1c(C(=O)O)c2ccc1o2. The first-order valence-corrected chi connectivity index (χ1v) is 4.90. The van der Waals surface area contributed by atoms with Gasteiger partial charge in [-0.3, -0.25) is 0 Å². The van der Waals surface area contributed by atoms with Crippen molar-refractivity contribution in [3.63, 3.8) is 0 Å². The molecule has 2 rings (SSSR count). The van der Waals surface area contributed by atoms with Crippen molar-refractivity contribution in [2.75, 3.05) is 6.61 Å². The number of carboxylic acid groups (broad SMARTS) is 1. The summed E-state index contributed by atoms with van der Waals surface area (Å²) in [7, 11) is 0. The third-order valence-corrected chi connectivity index (χ3v) is 2.20. The zero-order valence-electron chi connectivity index (χ0n) is 8.65. The smallest absolute Gasteiger partial charge is 0.342 e. The molecule has 5 nitrogen and oxygen atoms in total. The van der Waals surface area contributed by atoms with E-state index in [0.29, 0.717) is 6.42 Å². The number of carbonyl (C=O) groups excluding carboxylic acids is 1. The zero-order chi connectivity index (χ0) is 11.7. The molecule has 0 aliphatic carbocycles. The van der Waals surface area contributed by atoms with Crippen LogP contribution in [0.15, 0.2) is 16.5 Å². The van der Waals surface area contributed by atoms with Gasteiger partial charge in [-0.25, -0.2) is 9.59 Å². The molecule has 16 heavy (non-hydrogen) atoms. The van der Waals surface area contributed by atoms with E-state index < -0.39 is 11.9 Å². The predicted molar refractivity (Wildman–Crippen MR) is 54.9 cm³/mol. The second-order valence-electron chi connectivity index (χ2n) is 3.35. The Bertz CT molecular complexity index is 525. The number of ether oxygens (including phenoxy) is 1. The Hall–Kier alpha value is -2.04. The van der Waals surface area contributed by atoms with E-state index in [2.05, 4.69) is 0 Å². The number of rotatable bonds is 4. The summed E-state index contributed by atoms with van der Waals surface area (Å²) in [6.07, 6.45) is 0.685. The van der Waals surface area contributed by atoms with Crippen LogP contribution >= 0.6 is 0 Å². The molecule has 2 bridgehead atoms. The lowest BCUT2D eigenvalue weighted by atomic mass is 10.1. The lowest BCUT2D eigenvalue weighted by molar-refractivity contribution is 0.0497. The van der Waals surface area contributed by atoms with E-state index in [9.17, 15) is 9.59 Å². The maximum absolute atomic E-state index is 11.6. The predicted octanol–water partition coefficient (Wildman–Crippen LogP) is 2.14. The van der Waals surface area contributed by atoms with Gasteiger partial charge in [0.15, 0.2) is 0 Å². The molecular weight excluding hydrogens is 212 g/mol. The van der Waals surface area contributed by atoms with E-state index in [1.165, 1.54) is 6.07 Å². The Kier molecular flexibility index (Phi) is 2.52. The molecule has 0 amide bonds. The number of hydrogen-bond acceptors (Lipinski definition) is 4. The van der Waals surface area contributed by atoms with Crippen LogP contribution in [0.5, 0.6) is 0 Å². The van der Waals surface area contributed by atoms with E-state index in [1.807, 2.05) is 6.92 Å². The maximum Gasteiger partial charge on any atom is 0.342 e. The number of esters is 1. The molecule has 0 spiro atoms. The molecule has 0 saturated heterocycles. The van der Waals surface area contributed by atoms with Gasteiger partial charge in [-0.15, -0.1) is 0 Å². The fourth-order valence-corrected chi connectivity index (χ4v) is 1.53. The van der Waals surface area contributed by atoms with Crippen LogP contribution in [0.3, 0.4) is 0 Å². The summed E-state index contributed by atoms with van der Waals surface area (Å²) in [6.45, 7) is 2.13. The summed E-state index contributed by atoms with van der Waals surface area (Å²) in [4.78, 5) is 22.6. The van der Waals surface area contributed by atoms with Gasteiger partial charge in [-0.2, -0.15) is 0 Å². The lowest BCUT2D eigenvalue weighted by Gasteiger charge is -2.02. The van der Waals surface area contributed by atoms with Crippen molar-refractivity contribution in [1.82, 2.24) is 0 Å². The van der Waals surface area contributed by atoms with Crippen LogP contribution < -0.4 is 0 Å². The Morgan fingerprint density at radius 3 is 2.50 bits per heavy atom. The number of furan rings is 2. The van der Waals surface area contributed by atoms with Gasteiger partial charge in [0.2, 0.25) is 0 Å². The fraction of sp³-hybridized carbons (Fsp3) is 0.273. The highest BCUT2D eigenvalue weighted by atomic mass is 16.5. The topological polar surface area (TPSA) is 76.7 Å². The highest BCUT2D eigenvalue weighted by molar-refractivity contribution is 6.12. The van der Waals surface area contributed by atoms with E-state index in [0.717, 1.165) is 0 Å². The zero-order valence-corrected chi connectivity index (χ0v) is 8.65. The molecule has 1 N–H and O–H groups in total. The third kappa shape index (κ3) is 1.50. The number of benzene rings is 1. The molecule has 2 heterocycles. The molecule has 0 aliphatic heterocycles. The molecule has 2 aromatic rings. The summed E-state index contributed by atoms with van der Waals surface area (Å²) in [6, 6.07) is 3.08. The normalized spacial score (nSPS) is 10.8. The first kappa shape index (κ1) is 10.5. The molecular formula is C11H10O5. The highest BCUT2D eigenvalue weighted by Crippen LogP contribution is 2.29. The van der Waals surface area contributed by atoms with E-state index in [1.54, 1.807) is 6.07 Å². The molecule has 0 radical (unpaired) electrons. The van der Waals surface area contributed by atoms with E-state index in [4.69, 9.17) is 14.3 Å². The van der Waals surface area contributed by atoms with Gasteiger partial charge in [0.1, 0.15) is 22.3 Å². The van der Waals surface area contributed by atoms with Gasteiger partial charge >= 0.3 is 11.9 Å². The summed E-state index contributed by atoms with van der Waals surface area (Å²) >= 11 is 0. The van der Waals surface area contributed by atoms with Gasteiger partial charge in [0, 0.05) is 0 Å². The Morgan fingerprint density at radius 2 is 1.94 bits per heavy atom. The largest absolute Gasteiger partial charge is 0.478 e. The van der Waals surface area contributed by atoms with Crippen LogP contribution in [-0.2, 0) is 4.74 Å². The molecule has 0 saturated carbocycles. The fourth-order valence-electron chi connectivity index (χ4n) is 1.53. The Labute approximate surface area is 90.9 Å². The van der Waals surface area contributed by atoms with Crippen LogP contribution in [-0.4, -0.2) is 23.7 Å². The van der Waals surface area contributed by atoms with Gasteiger partial charge in [-0.1, -0.05) is 6.92 Å². The van der Waals surface area contributed by atoms with Crippen molar-refractivity contribution in [1.29, 1.82) is 0 Å². The minimum Gasteiger partial charge on any atom is -0.478 e. The second-order valence-corrected chi connectivity index (χ2v) is 3.35. The number of carboxylic acids is 1. The van der Waals surface area contributed by atoms with Crippen LogP contribution in [0.4, 0.5) is 0 Å². The van der Waals surface area contributed by atoms with Crippen LogP contribution in [0.2, 0.25) is 0 Å². The van der Waals surface area contributed by atoms with Crippen molar-refractivity contribution in [2.45, 2.75) is 13.3 Å². The average molecular weight is 222 g/mol. The summed E-state index contributed by atoms with van der Waals surface area (Å²) < 4.78 is 10.0. The van der Waals surface area contributed by atoms with Gasteiger partial charge in [-0.05, 0) is 18.6 Å². The molecule has 84 valence electrons. The molecule has 0 atom stereocenters. The summed E-state index contributed by atoms with van der Waals surface area (Å²) in [5.41, 5.74) is 0.358. The first-order valence-electron chi connectivity index (χ1n) is 4.90. The van der Waals surface area contributed by atoms with Gasteiger partial charge in [0.05, 0.1) is 6.61 Å². The van der Waals surface area contributed by atoms with E-state index >= 15 is 0 Å². The molecule has 2 aromatic heterocycles. The first-order chi connectivity index (χ1) is 7.65. The minimum atomic E-state index is -1.18. The number of aromatic carboxylic acids is 1. The number of hydrogen-bond donors (Lipinski definition) is 1. The number of carbonyl (C=O) groups is 2. The Morgan fingerprint density at radius 1 is 1.31 bits per heavy atom. The van der Waals surface area contributed by atoms with Crippen LogP contribution in [0.1, 0.15) is 34.1 Å². The molecule has 5 heteroatoms. The Balaban J connectivity index is 2.40. The average Bonchev–Trinajstić information content (AvgIpc) is 2.84. The molecule has 0 aromatic carbocycles. The minimum absolute atomic E-state index is 0.0125. The molecule has 0 aliphatic rings. The van der Waals surface area contributed by atoms with E-state index in [-0.39, 0.29) is 28.9 Å². The van der Waals surface area contributed by atoms with Crippen molar-refractivity contribution in [3.8, 4) is 0 Å². The van der Waals surface area contributed by atoms with Crippen molar-refractivity contribution < 1.29 is 23.8 Å². The lowest BCUT2D eigenvalue weighted by Crippen LogP contribution is -2.11. The van der Waals surface area contributed by atoms with Crippen LogP contribution in [0.25, 0.3) is 11.2 Å². The van der Waals surface area contributed by atoms with Crippen molar-refractivity contribution in [2.24, 2.45) is 0 Å². The monoisotopic (exact) mass is 222 g/mol. The third-order valence-electron chi connectivity index (χ3n) is 2.20. The van der Waals surface area contributed by atoms with Crippen molar-refractivity contribution >= 4 is 23.1 Å². The highest BCUT2D eigenvalue weighted by Gasteiger charge is 2.28. The molecule has 0 unspecified atom stereocenters. The second kappa shape index (κ2) is 3.84. The quantitative estimate of drug-likeness (QED) is 0.802. The van der Waals surface area contributed by atoms with Gasteiger partial charge < -0.3 is 14.3 Å². The summed E-state index contributed by atoms with van der Waals surface area (Å²) in [5.74, 6) is -1.83. The molecule has 0 fully saturated rings. The van der Waals surface area contributed by atoms with Crippen LogP contribution in [0, 0.1) is 0 Å². The maximum atomic E-state index is 11.6. The number of fused-ring (bicyclic) bond motifs is 2. The van der Waals surface area contributed by atoms with Crippen molar-refractivity contribution in [3.05, 3.63) is 23.3 Å².